The van der Waals surface area contributed by atoms with E-state index in [1.54, 1.807) is 24.7 Å². The minimum absolute atomic E-state index is 0.157. The van der Waals surface area contributed by atoms with E-state index < -0.39 is 5.82 Å². The first kappa shape index (κ1) is 19.3. The van der Waals surface area contributed by atoms with Gasteiger partial charge in [-0.1, -0.05) is 11.2 Å². The molecule has 0 fully saturated rings. The number of nitrogens with zero attached hydrogens (tertiary/aromatic N) is 5. The molecule has 0 saturated carbocycles. The summed E-state index contributed by atoms with van der Waals surface area (Å²) < 4.78 is 22.0. The van der Waals surface area contributed by atoms with Crippen LogP contribution in [0.15, 0.2) is 48.0 Å². The fourth-order valence-electron chi connectivity index (χ4n) is 3.35. The van der Waals surface area contributed by atoms with Crippen molar-refractivity contribution >= 4 is 17.4 Å². The predicted octanol–water partition coefficient (Wildman–Crippen LogP) is 3.84. The maximum Gasteiger partial charge on any atom is 0.183 e. The maximum atomic E-state index is 14.8. The standard InChI is InChI=1S/C21H18FN5O3/c1-3-27-11-23-20-16(10-24-26-21(20)27)12-4-5-17(22)14(6-12)15-7-13(9-25-29)18(28)8-19(15)30-2/h4-11,28-29H,3H2,1-2H3. The van der Waals surface area contributed by atoms with Gasteiger partial charge in [0.2, 0.25) is 0 Å². The average molecular weight is 407 g/mol. The fraction of sp³-hybridized carbons (Fsp3) is 0.143. The monoisotopic (exact) mass is 407 g/mol. The minimum atomic E-state index is -0.480. The Hall–Kier alpha value is -4.01. The number of rotatable bonds is 5. The molecule has 0 saturated heterocycles. The summed E-state index contributed by atoms with van der Waals surface area (Å²) in [6.07, 6.45) is 4.34. The molecule has 0 atom stereocenters. The van der Waals surface area contributed by atoms with Crippen molar-refractivity contribution in [3.8, 4) is 33.8 Å². The smallest absolute Gasteiger partial charge is 0.183 e. The number of phenols is 1. The van der Waals surface area contributed by atoms with Crippen LogP contribution in [0.3, 0.4) is 0 Å². The van der Waals surface area contributed by atoms with Crippen molar-refractivity contribution < 1.29 is 19.4 Å². The van der Waals surface area contributed by atoms with Gasteiger partial charge in [-0.3, -0.25) is 0 Å². The van der Waals surface area contributed by atoms with Gasteiger partial charge in [-0.05, 0) is 30.7 Å². The Morgan fingerprint density at radius 2 is 2.03 bits per heavy atom. The van der Waals surface area contributed by atoms with Crippen LogP contribution in [0.5, 0.6) is 11.5 Å². The first-order chi connectivity index (χ1) is 14.6. The number of aryl methyl sites for hydroxylation is 1. The number of ether oxygens (including phenoxy) is 1. The van der Waals surface area contributed by atoms with E-state index in [4.69, 9.17) is 9.94 Å². The number of aromatic nitrogens is 4. The largest absolute Gasteiger partial charge is 0.507 e. The molecule has 2 aromatic carbocycles. The van der Waals surface area contributed by atoms with Gasteiger partial charge < -0.3 is 19.6 Å². The van der Waals surface area contributed by atoms with Crippen LogP contribution in [0.1, 0.15) is 12.5 Å². The second kappa shape index (κ2) is 7.78. The third kappa shape index (κ3) is 3.20. The molecule has 30 heavy (non-hydrogen) atoms. The molecule has 2 N–H and O–H groups in total. The molecule has 4 rings (SSSR count). The summed E-state index contributed by atoms with van der Waals surface area (Å²) in [6.45, 7) is 2.68. The highest BCUT2D eigenvalue weighted by atomic mass is 19.1. The lowest BCUT2D eigenvalue weighted by molar-refractivity contribution is 0.321. The quantitative estimate of drug-likeness (QED) is 0.296. The van der Waals surface area contributed by atoms with Crippen LogP contribution in [-0.2, 0) is 6.54 Å². The first-order valence-electron chi connectivity index (χ1n) is 9.12. The molecule has 152 valence electrons. The third-order valence-corrected chi connectivity index (χ3v) is 4.86. The van der Waals surface area contributed by atoms with Gasteiger partial charge >= 0.3 is 0 Å². The summed E-state index contributed by atoms with van der Waals surface area (Å²) in [5.74, 6) is -0.367. The van der Waals surface area contributed by atoms with Crippen LogP contribution >= 0.6 is 0 Å². The molecule has 8 nitrogen and oxygen atoms in total. The van der Waals surface area contributed by atoms with Crippen LogP contribution in [0.4, 0.5) is 4.39 Å². The number of aromatic hydroxyl groups is 1. The molecule has 0 unspecified atom stereocenters. The van der Waals surface area contributed by atoms with Crippen molar-refractivity contribution in [3.63, 3.8) is 0 Å². The van der Waals surface area contributed by atoms with E-state index in [2.05, 4.69) is 20.3 Å². The van der Waals surface area contributed by atoms with Crippen molar-refractivity contribution in [1.29, 1.82) is 0 Å². The van der Waals surface area contributed by atoms with Gasteiger partial charge in [-0.25, -0.2) is 9.37 Å². The number of oxime groups is 1. The lowest BCUT2D eigenvalue weighted by Crippen LogP contribution is -1.96. The number of hydrogen-bond acceptors (Lipinski definition) is 7. The van der Waals surface area contributed by atoms with Crippen LogP contribution in [0, 0.1) is 5.82 Å². The number of fused-ring (bicyclic) bond motifs is 1. The summed E-state index contributed by atoms with van der Waals surface area (Å²) in [7, 11) is 1.42. The van der Waals surface area contributed by atoms with Gasteiger partial charge in [0.05, 0.1) is 25.8 Å². The lowest BCUT2D eigenvalue weighted by Gasteiger charge is -2.13. The number of benzene rings is 2. The Morgan fingerprint density at radius 1 is 1.20 bits per heavy atom. The average Bonchev–Trinajstić information content (AvgIpc) is 3.19. The van der Waals surface area contributed by atoms with Crippen molar-refractivity contribution in [1.82, 2.24) is 19.7 Å². The zero-order valence-corrected chi connectivity index (χ0v) is 16.2. The third-order valence-electron chi connectivity index (χ3n) is 4.86. The van der Waals surface area contributed by atoms with E-state index >= 15 is 0 Å². The molecular formula is C21H18FN5O3. The Morgan fingerprint density at radius 3 is 2.77 bits per heavy atom. The summed E-state index contributed by atoms with van der Waals surface area (Å²) in [6, 6.07) is 7.48. The topological polar surface area (TPSA) is 106 Å². The Balaban J connectivity index is 1.93. The van der Waals surface area contributed by atoms with Gasteiger partial charge in [0.25, 0.3) is 0 Å². The summed E-state index contributed by atoms with van der Waals surface area (Å²) in [5, 5.41) is 30.1. The highest BCUT2D eigenvalue weighted by Crippen LogP contribution is 2.38. The van der Waals surface area contributed by atoms with Crippen LogP contribution in [0.2, 0.25) is 0 Å². The molecular weight excluding hydrogens is 389 g/mol. The Labute approximate surface area is 170 Å². The van der Waals surface area contributed by atoms with E-state index in [-0.39, 0.29) is 22.6 Å². The van der Waals surface area contributed by atoms with Crippen LogP contribution < -0.4 is 4.74 Å². The SMILES string of the molecule is CCn1cnc2c(-c3ccc(F)c(-c4cc(C=NO)c(O)cc4OC)c3)cnnc21. The molecule has 0 amide bonds. The first-order valence-corrected chi connectivity index (χ1v) is 9.12. The Kier molecular flexibility index (Phi) is 5.01. The van der Waals surface area contributed by atoms with Crippen molar-refractivity contribution in [3.05, 3.63) is 54.2 Å². The molecule has 0 bridgehead atoms. The van der Waals surface area contributed by atoms with Crippen LogP contribution in [0.25, 0.3) is 33.4 Å². The van der Waals surface area contributed by atoms with E-state index in [1.165, 1.54) is 25.3 Å². The lowest BCUT2D eigenvalue weighted by atomic mass is 9.96. The highest BCUT2D eigenvalue weighted by Gasteiger charge is 2.17. The van der Waals surface area contributed by atoms with E-state index in [1.807, 2.05) is 11.5 Å². The maximum absolute atomic E-state index is 14.8. The normalized spacial score (nSPS) is 11.4. The number of imidazole rings is 1. The molecule has 4 aromatic rings. The molecule has 0 radical (unpaired) electrons. The molecule has 0 spiro atoms. The molecule has 2 aromatic heterocycles. The summed E-state index contributed by atoms with van der Waals surface area (Å²) >= 11 is 0. The molecule has 9 heteroatoms. The van der Waals surface area contributed by atoms with Crippen molar-refractivity contribution in [2.75, 3.05) is 7.11 Å². The van der Waals surface area contributed by atoms with Gasteiger partial charge in [0.15, 0.2) is 5.65 Å². The van der Waals surface area contributed by atoms with Gasteiger partial charge in [0, 0.05) is 34.9 Å². The minimum Gasteiger partial charge on any atom is -0.507 e. The number of methoxy groups -OCH3 is 1. The fourth-order valence-corrected chi connectivity index (χ4v) is 3.35. The molecule has 0 aliphatic carbocycles. The van der Waals surface area contributed by atoms with Crippen molar-refractivity contribution in [2.45, 2.75) is 13.5 Å². The zero-order chi connectivity index (χ0) is 21.3. The number of hydrogen-bond donors (Lipinski definition) is 2. The molecule has 0 aliphatic heterocycles. The van der Waals surface area contributed by atoms with E-state index in [9.17, 15) is 9.50 Å². The molecule has 2 heterocycles. The number of halogens is 1. The van der Waals surface area contributed by atoms with Crippen LogP contribution in [-0.4, -0.2) is 43.4 Å². The van der Waals surface area contributed by atoms with E-state index in [0.29, 0.717) is 34.4 Å². The van der Waals surface area contributed by atoms with Gasteiger partial charge in [0.1, 0.15) is 22.8 Å². The summed E-state index contributed by atoms with van der Waals surface area (Å²) in [4.78, 5) is 4.44. The van der Waals surface area contributed by atoms with Gasteiger partial charge in [-0.15, -0.1) is 5.10 Å². The van der Waals surface area contributed by atoms with Crippen molar-refractivity contribution in [2.24, 2.45) is 5.16 Å². The van der Waals surface area contributed by atoms with E-state index in [0.717, 1.165) is 6.21 Å². The summed E-state index contributed by atoms with van der Waals surface area (Å²) in [5.41, 5.74) is 3.56. The zero-order valence-electron chi connectivity index (χ0n) is 16.2. The molecule has 0 aliphatic rings. The van der Waals surface area contributed by atoms with Gasteiger partial charge in [-0.2, -0.15) is 5.10 Å². The Bertz CT molecular complexity index is 1270. The number of phenolic OH excluding ortho intramolecular Hbond substituents is 1. The predicted molar refractivity (Wildman–Crippen MR) is 109 cm³/mol. The second-order valence-electron chi connectivity index (χ2n) is 6.51. The second-order valence-corrected chi connectivity index (χ2v) is 6.51. The highest BCUT2D eigenvalue weighted by molar-refractivity contribution is 5.92.